The summed E-state index contributed by atoms with van der Waals surface area (Å²) >= 11 is 0. The van der Waals surface area contributed by atoms with Crippen LogP contribution in [0, 0.1) is 11.7 Å². The molecule has 1 fully saturated rings. The zero-order valence-corrected chi connectivity index (χ0v) is 19.2. The topological polar surface area (TPSA) is 64.1 Å². The number of methoxy groups -OCH3 is 1. The number of guanidine groups is 1. The molecule has 1 aromatic rings. The average Bonchev–Trinajstić information content (AvgIpc) is 2.69. The van der Waals surface area contributed by atoms with E-state index in [0.29, 0.717) is 12.5 Å². The number of aliphatic imine (C=N–C) groups is 1. The van der Waals surface area contributed by atoms with Crippen molar-refractivity contribution in [1.29, 1.82) is 0 Å². The van der Waals surface area contributed by atoms with E-state index >= 15 is 0 Å². The van der Waals surface area contributed by atoms with E-state index in [9.17, 15) is 4.39 Å². The van der Waals surface area contributed by atoms with Crippen LogP contribution in [0.1, 0.15) is 31.7 Å². The minimum atomic E-state index is -0.371. The van der Waals surface area contributed by atoms with E-state index in [1.807, 2.05) is 13.0 Å². The zero-order chi connectivity index (χ0) is 19.3. The summed E-state index contributed by atoms with van der Waals surface area (Å²) in [5.74, 6) is 1.23. The van der Waals surface area contributed by atoms with Crippen molar-refractivity contribution in [2.75, 3.05) is 46.6 Å². The Hall–Kier alpha value is -1.13. The molecule has 1 aliphatic heterocycles. The number of hydrogen-bond acceptors (Lipinski definition) is 4. The third-order valence-electron chi connectivity index (χ3n) is 4.43. The number of halogens is 2. The highest BCUT2D eigenvalue weighted by molar-refractivity contribution is 14.0. The van der Waals surface area contributed by atoms with Crippen molar-refractivity contribution in [3.05, 3.63) is 29.6 Å². The Morgan fingerprint density at radius 1 is 1.29 bits per heavy atom. The van der Waals surface area contributed by atoms with Gasteiger partial charge in [-0.15, -0.1) is 24.0 Å². The number of benzene rings is 1. The highest BCUT2D eigenvalue weighted by atomic mass is 127. The van der Waals surface area contributed by atoms with Gasteiger partial charge in [0, 0.05) is 39.5 Å². The molecular formula is C20H33FIN3O3. The van der Waals surface area contributed by atoms with Crippen LogP contribution in [0.15, 0.2) is 23.2 Å². The third-order valence-corrected chi connectivity index (χ3v) is 4.43. The van der Waals surface area contributed by atoms with Crippen molar-refractivity contribution in [3.63, 3.8) is 0 Å². The van der Waals surface area contributed by atoms with Crippen LogP contribution in [0.25, 0.3) is 0 Å². The van der Waals surface area contributed by atoms with Gasteiger partial charge in [0.25, 0.3) is 0 Å². The Morgan fingerprint density at radius 2 is 2.07 bits per heavy atom. The van der Waals surface area contributed by atoms with E-state index in [1.165, 1.54) is 13.2 Å². The van der Waals surface area contributed by atoms with Gasteiger partial charge in [0.2, 0.25) is 0 Å². The molecule has 0 amide bonds. The fourth-order valence-corrected chi connectivity index (χ4v) is 2.86. The lowest BCUT2D eigenvalue weighted by atomic mass is 10.0. The molecule has 1 aliphatic rings. The van der Waals surface area contributed by atoms with Gasteiger partial charge >= 0.3 is 0 Å². The molecule has 2 N–H and O–H groups in total. The van der Waals surface area contributed by atoms with E-state index in [0.717, 1.165) is 70.3 Å². The van der Waals surface area contributed by atoms with Crippen molar-refractivity contribution in [2.45, 2.75) is 32.7 Å². The minimum absolute atomic E-state index is 0. The standard InChI is InChI=1S/C20H32FN3O3.HI/c1-3-22-20(24-14-17-5-6-19(25-2)18(21)13-17)23-9-4-10-27-15-16-7-11-26-12-8-16;/h5-6,13,16H,3-4,7-12,14-15H2,1-2H3,(H2,22,23,24);1H. The normalized spacial score (nSPS) is 15.0. The van der Waals surface area contributed by atoms with Crippen LogP contribution < -0.4 is 15.4 Å². The van der Waals surface area contributed by atoms with Gasteiger partial charge in [0.15, 0.2) is 17.5 Å². The molecule has 1 saturated heterocycles. The summed E-state index contributed by atoms with van der Waals surface area (Å²) in [5.41, 5.74) is 0.797. The summed E-state index contributed by atoms with van der Waals surface area (Å²) in [6, 6.07) is 4.89. The summed E-state index contributed by atoms with van der Waals surface area (Å²) in [5, 5.41) is 6.49. The second-order valence-electron chi connectivity index (χ2n) is 6.58. The van der Waals surface area contributed by atoms with Crippen LogP contribution in [0.5, 0.6) is 5.75 Å². The maximum Gasteiger partial charge on any atom is 0.191 e. The maximum atomic E-state index is 13.8. The monoisotopic (exact) mass is 509 g/mol. The second kappa shape index (κ2) is 14.8. The summed E-state index contributed by atoms with van der Waals surface area (Å²) in [6.45, 7) is 7.22. The summed E-state index contributed by atoms with van der Waals surface area (Å²) in [4.78, 5) is 4.50. The summed E-state index contributed by atoms with van der Waals surface area (Å²) < 4.78 is 29.8. The molecule has 0 saturated carbocycles. The molecule has 1 heterocycles. The Morgan fingerprint density at radius 3 is 2.75 bits per heavy atom. The van der Waals surface area contributed by atoms with E-state index in [1.54, 1.807) is 6.07 Å². The fourth-order valence-electron chi connectivity index (χ4n) is 2.86. The molecule has 0 aliphatic carbocycles. The molecule has 0 bridgehead atoms. The molecule has 28 heavy (non-hydrogen) atoms. The molecule has 160 valence electrons. The van der Waals surface area contributed by atoms with Crippen LogP contribution in [0.3, 0.4) is 0 Å². The molecule has 0 radical (unpaired) electrons. The molecule has 0 unspecified atom stereocenters. The first kappa shape index (κ1) is 24.9. The van der Waals surface area contributed by atoms with Gasteiger partial charge in [0.05, 0.1) is 13.7 Å². The maximum absolute atomic E-state index is 13.8. The smallest absolute Gasteiger partial charge is 0.191 e. The quantitative estimate of drug-likeness (QED) is 0.219. The van der Waals surface area contributed by atoms with Crippen LogP contribution in [-0.4, -0.2) is 52.6 Å². The van der Waals surface area contributed by atoms with Gasteiger partial charge in [-0.05, 0) is 49.8 Å². The summed E-state index contributed by atoms with van der Waals surface area (Å²) in [7, 11) is 1.46. The average molecular weight is 509 g/mol. The van der Waals surface area contributed by atoms with E-state index in [2.05, 4.69) is 15.6 Å². The number of nitrogens with one attached hydrogen (secondary N) is 2. The number of rotatable bonds is 10. The molecule has 0 aromatic heterocycles. The van der Waals surface area contributed by atoms with Crippen LogP contribution in [0.4, 0.5) is 4.39 Å². The second-order valence-corrected chi connectivity index (χ2v) is 6.58. The molecule has 0 spiro atoms. The van der Waals surface area contributed by atoms with Crippen LogP contribution >= 0.6 is 24.0 Å². The lowest BCUT2D eigenvalue weighted by Crippen LogP contribution is -2.38. The van der Waals surface area contributed by atoms with Gasteiger partial charge in [0.1, 0.15) is 0 Å². The van der Waals surface area contributed by atoms with Gasteiger partial charge in [-0.2, -0.15) is 0 Å². The van der Waals surface area contributed by atoms with Crippen molar-refractivity contribution in [1.82, 2.24) is 10.6 Å². The van der Waals surface area contributed by atoms with Crippen molar-refractivity contribution >= 4 is 29.9 Å². The Kier molecular flexibility index (Phi) is 13.2. The van der Waals surface area contributed by atoms with Crippen molar-refractivity contribution in [3.8, 4) is 5.75 Å². The molecule has 2 rings (SSSR count). The third kappa shape index (κ3) is 9.38. The lowest BCUT2D eigenvalue weighted by Gasteiger charge is -2.21. The SMILES string of the molecule is CCNC(=NCc1ccc(OC)c(F)c1)NCCCOCC1CCOCC1.I. The first-order valence-corrected chi connectivity index (χ1v) is 9.73. The molecule has 1 aromatic carbocycles. The van der Waals surface area contributed by atoms with Gasteiger partial charge in [-0.25, -0.2) is 9.38 Å². The van der Waals surface area contributed by atoms with Crippen LogP contribution in [-0.2, 0) is 16.0 Å². The van der Waals surface area contributed by atoms with Gasteiger partial charge in [-0.1, -0.05) is 6.07 Å². The first-order valence-electron chi connectivity index (χ1n) is 9.73. The Labute approximate surface area is 184 Å². The minimum Gasteiger partial charge on any atom is -0.494 e. The molecule has 6 nitrogen and oxygen atoms in total. The van der Waals surface area contributed by atoms with E-state index < -0.39 is 0 Å². The fraction of sp³-hybridized carbons (Fsp3) is 0.650. The highest BCUT2D eigenvalue weighted by Gasteiger charge is 2.13. The lowest BCUT2D eigenvalue weighted by molar-refractivity contribution is 0.0203. The van der Waals surface area contributed by atoms with E-state index in [-0.39, 0.29) is 35.5 Å². The number of nitrogens with zero attached hydrogens (tertiary/aromatic N) is 1. The molecule has 0 atom stereocenters. The Bertz CT molecular complexity index is 584. The van der Waals surface area contributed by atoms with Crippen molar-refractivity contribution in [2.24, 2.45) is 10.9 Å². The summed E-state index contributed by atoms with van der Waals surface area (Å²) in [6.07, 6.45) is 3.10. The van der Waals surface area contributed by atoms with Crippen LogP contribution in [0.2, 0.25) is 0 Å². The zero-order valence-electron chi connectivity index (χ0n) is 16.8. The highest BCUT2D eigenvalue weighted by Crippen LogP contribution is 2.18. The Balaban J connectivity index is 0.00000392. The van der Waals surface area contributed by atoms with Crippen molar-refractivity contribution < 1.29 is 18.6 Å². The number of hydrogen-bond donors (Lipinski definition) is 2. The molecular weight excluding hydrogens is 476 g/mol. The van der Waals surface area contributed by atoms with Gasteiger partial charge < -0.3 is 24.8 Å². The van der Waals surface area contributed by atoms with Gasteiger partial charge in [-0.3, -0.25) is 0 Å². The first-order chi connectivity index (χ1) is 13.2. The molecule has 8 heteroatoms. The predicted molar refractivity (Wildman–Crippen MR) is 120 cm³/mol. The predicted octanol–water partition coefficient (Wildman–Crippen LogP) is 3.34. The number of ether oxygens (including phenoxy) is 3. The largest absolute Gasteiger partial charge is 0.494 e. The van der Waals surface area contributed by atoms with E-state index in [4.69, 9.17) is 14.2 Å².